The number of nitrogens with zero attached hydrogens (tertiary/aromatic N) is 3. The zero-order chi connectivity index (χ0) is 29.7. The predicted molar refractivity (Wildman–Crippen MR) is 160 cm³/mol. The standard InChI is InChI=1S/C30H30N4O5S2/c1-18-6-15-24-26(16-18)40-28(32-24)20-7-11-22(12-8-20)33-27(36)17-25(29(33)37)34(30(3,4)5)41(38,39)23-13-9-21(10-14-23)31-19(2)35/h6-16,25H,17H2,1-5H3,(H,31,35). The SMILES string of the molecule is CC(=O)Nc1ccc(S(=O)(=O)N(C2CC(=O)N(c3ccc(-c4nc5ccc(C)cc5s4)cc3)C2=O)C(C)(C)C)cc1. The van der Waals surface area contributed by atoms with Gasteiger partial charge in [-0.25, -0.2) is 18.3 Å². The number of thiazole rings is 1. The Balaban J connectivity index is 1.43. The molecule has 0 aliphatic carbocycles. The van der Waals surface area contributed by atoms with E-state index in [1.165, 1.54) is 31.2 Å². The maximum atomic E-state index is 13.8. The molecule has 41 heavy (non-hydrogen) atoms. The van der Waals surface area contributed by atoms with Gasteiger partial charge in [-0.05, 0) is 93.9 Å². The number of carbonyl (C=O) groups is 3. The normalized spacial score (nSPS) is 16.1. The largest absolute Gasteiger partial charge is 0.326 e. The van der Waals surface area contributed by atoms with E-state index >= 15 is 0 Å². The third kappa shape index (κ3) is 5.52. The number of amides is 3. The van der Waals surface area contributed by atoms with Crippen molar-refractivity contribution in [1.29, 1.82) is 0 Å². The number of aromatic nitrogens is 1. The number of aryl methyl sites for hydroxylation is 1. The minimum Gasteiger partial charge on any atom is -0.326 e. The van der Waals surface area contributed by atoms with Crippen molar-refractivity contribution in [1.82, 2.24) is 9.29 Å². The van der Waals surface area contributed by atoms with Crippen molar-refractivity contribution in [2.45, 2.75) is 57.5 Å². The molecule has 5 rings (SSSR count). The van der Waals surface area contributed by atoms with Crippen molar-refractivity contribution in [2.24, 2.45) is 0 Å². The molecule has 1 fully saturated rings. The maximum Gasteiger partial charge on any atom is 0.252 e. The van der Waals surface area contributed by atoms with Crippen molar-refractivity contribution in [2.75, 3.05) is 10.2 Å². The lowest BCUT2D eigenvalue weighted by Crippen LogP contribution is -2.54. The van der Waals surface area contributed by atoms with E-state index < -0.39 is 33.4 Å². The van der Waals surface area contributed by atoms with Gasteiger partial charge in [0.1, 0.15) is 11.0 Å². The second-order valence-electron chi connectivity index (χ2n) is 11.0. The van der Waals surface area contributed by atoms with Crippen LogP contribution in [0.4, 0.5) is 11.4 Å². The second kappa shape index (κ2) is 10.5. The van der Waals surface area contributed by atoms with Crippen molar-refractivity contribution in [3.63, 3.8) is 0 Å². The fraction of sp³-hybridized carbons (Fsp3) is 0.267. The van der Waals surface area contributed by atoms with Gasteiger partial charge in [0.05, 0.1) is 27.2 Å². The van der Waals surface area contributed by atoms with Gasteiger partial charge in [0.15, 0.2) is 0 Å². The molecule has 0 spiro atoms. The topological polar surface area (TPSA) is 117 Å². The highest BCUT2D eigenvalue weighted by atomic mass is 32.2. The van der Waals surface area contributed by atoms with Gasteiger partial charge < -0.3 is 5.32 Å². The summed E-state index contributed by atoms with van der Waals surface area (Å²) in [6, 6.07) is 17.6. The number of rotatable bonds is 6. The van der Waals surface area contributed by atoms with Crippen LogP contribution in [0.15, 0.2) is 71.6 Å². The number of hydrogen-bond donors (Lipinski definition) is 1. The Morgan fingerprint density at radius 2 is 1.68 bits per heavy atom. The highest BCUT2D eigenvalue weighted by Gasteiger charge is 2.50. The lowest BCUT2D eigenvalue weighted by Gasteiger charge is -2.37. The van der Waals surface area contributed by atoms with Crippen molar-refractivity contribution < 1.29 is 22.8 Å². The zero-order valence-corrected chi connectivity index (χ0v) is 25.0. The van der Waals surface area contributed by atoms with Gasteiger partial charge in [0.25, 0.3) is 5.91 Å². The predicted octanol–water partition coefficient (Wildman–Crippen LogP) is 5.35. The number of carbonyl (C=O) groups excluding carboxylic acids is 3. The summed E-state index contributed by atoms with van der Waals surface area (Å²) in [5, 5.41) is 3.42. The molecular weight excluding hydrogens is 560 g/mol. The Bertz CT molecular complexity index is 1770. The minimum absolute atomic E-state index is 0.0457. The molecule has 212 valence electrons. The van der Waals surface area contributed by atoms with Crippen LogP contribution in [0.2, 0.25) is 0 Å². The Kier molecular flexibility index (Phi) is 7.31. The van der Waals surface area contributed by atoms with Gasteiger partial charge in [-0.15, -0.1) is 11.3 Å². The molecule has 11 heteroatoms. The molecule has 1 aliphatic heterocycles. The molecule has 0 radical (unpaired) electrons. The van der Waals surface area contributed by atoms with Gasteiger partial charge in [-0.2, -0.15) is 4.31 Å². The first-order valence-corrected chi connectivity index (χ1v) is 15.3. The van der Waals surface area contributed by atoms with E-state index in [0.29, 0.717) is 11.4 Å². The van der Waals surface area contributed by atoms with Gasteiger partial charge in [0.2, 0.25) is 21.8 Å². The summed E-state index contributed by atoms with van der Waals surface area (Å²) in [6.45, 7) is 8.44. The summed E-state index contributed by atoms with van der Waals surface area (Å²) in [5.41, 5.74) is 2.71. The average molecular weight is 591 g/mol. The summed E-state index contributed by atoms with van der Waals surface area (Å²) in [6.07, 6.45) is -0.279. The van der Waals surface area contributed by atoms with Crippen LogP contribution in [0.1, 0.15) is 39.7 Å². The first-order valence-electron chi connectivity index (χ1n) is 13.0. The number of sulfonamides is 1. The summed E-state index contributed by atoms with van der Waals surface area (Å²) < 4.78 is 29.9. The van der Waals surface area contributed by atoms with E-state index in [1.54, 1.807) is 44.2 Å². The third-order valence-electron chi connectivity index (χ3n) is 6.71. The van der Waals surface area contributed by atoms with Crippen molar-refractivity contribution >= 4 is 60.7 Å². The zero-order valence-electron chi connectivity index (χ0n) is 23.3. The first kappa shape index (κ1) is 28.6. The average Bonchev–Trinajstić information content (AvgIpc) is 3.43. The Hall–Kier alpha value is -3.93. The van der Waals surface area contributed by atoms with Crippen LogP contribution in [0, 0.1) is 6.92 Å². The molecule has 1 atom stereocenters. The smallest absolute Gasteiger partial charge is 0.252 e. The van der Waals surface area contributed by atoms with Gasteiger partial charge in [0, 0.05) is 23.7 Å². The minimum atomic E-state index is -4.19. The Morgan fingerprint density at radius 3 is 2.29 bits per heavy atom. The molecule has 1 N–H and O–H groups in total. The lowest BCUT2D eigenvalue weighted by molar-refractivity contribution is -0.122. The summed E-state index contributed by atoms with van der Waals surface area (Å²) in [7, 11) is -4.19. The summed E-state index contributed by atoms with van der Waals surface area (Å²) >= 11 is 1.56. The lowest BCUT2D eigenvalue weighted by atomic mass is 10.1. The van der Waals surface area contributed by atoms with Gasteiger partial charge >= 0.3 is 0 Å². The van der Waals surface area contributed by atoms with Crippen molar-refractivity contribution in [3.05, 3.63) is 72.3 Å². The van der Waals surface area contributed by atoms with Crippen molar-refractivity contribution in [3.8, 4) is 10.6 Å². The Morgan fingerprint density at radius 1 is 1.02 bits per heavy atom. The van der Waals surface area contributed by atoms with E-state index in [2.05, 4.69) is 11.4 Å². The molecule has 1 saturated heterocycles. The molecule has 2 heterocycles. The molecule has 1 aliphatic rings. The molecule has 1 aromatic heterocycles. The van der Waals surface area contributed by atoms with Gasteiger partial charge in [-0.1, -0.05) is 6.07 Å². The molecular formula is C30H30N4O5S2. The first-order chi connectivity index (χ1) is 19.3. The molecule has 3 amide bonds. The fourth-order valence-electron chi connectivity index (χ4n) is 5.00. The maximum absolute atomic E-state index is 13.8. The molecule has 9 nitrogen and oxygen atoms in total. The van der Waals surface area contributed by atoms with E-state index in [-0.39, 0.29) is 17.2 Å². The quantitative estimate of drug-likeness (QED) is 0.303. The number of nitrogens with one attached hydrogen (secondary N) is 1. The highest BCUT2D eigenvalue weighted by molar-refractivity contribution is 7.89. The van der Waals surface area contributed by atoms with E-state index in [4.69, 9.17) is 4.98 Å². The van der Waals surface area contributed by atoms with Crippen LogP contribution in [-0.4, -0.2) is 47.0 Å². The number of benzene rings is 3. The highest BCUT2D eigenvalue weighted by Crippen LogP contribution is 2.36. The fourth-order valence-corrected chi connectivity index (χ4v) is 8.00. The molecule has 4 aromatic rings. The number of fused-ring (bicyclic) bond motifs is 1. The summed E-state index contributed by atoms with van der Waals surface area (Å²) in [4.78, 5) is 43.9. The summed E-state index contributed by atoms with van der Waals surface area (Å²) in [5.74, 6) is -1.37. The number of imide groups is 1. The molecule has 1 unspecified atom stereocenters. The third-order valence-corrected chi connectivity index (χ3v) is 9.97. The van der Waals surface area contributed by atoms with E-state index in [0.717, 1.165) is 35.6 Å². The van der Waals surface area contributed by atoms with Crippen LogP contribution >= 0.6 is 11.3 Å². The second-order valence-corrected chi connectivity index (χ2v) is 13.8. The molecule has 3 aromatic carbocycles. The van der Waals surface area contributed by atoms with Crippen LogP contribution in [-0.2, 0) is 24.4 Å². The van der Waals surface area contributed by atoms with Gasteiger partial charge in [-0.3, -0.25) is 14.4 Å². The monoisotopic (exact) mass is 590 g/mol. The molecule has 0 bridgehead atoms. The van der Waals surface area contributed by atoms with Crippen LogP contribution in [0.25, 0.3) is 20.8 Å². The van der Waals surface area contributed by atoms with Crippen LogP contribution in [0.3, 0.4) is 0 Å². The Labute approximate surface area is 242 Å². The van der Waals surface area contributed by atoms with Crippen LogP contribution < -0.4 is 10.2 Å². The van der Waals surface area contributed by atoms with E-state index in [9.17, 15) is 22.8 Å². The van der Waals surface area contributed by atoms with E-state index in [1.807, 2.05) is 31.2 Å². The molecule has 0 saturated carbocycles. The number of hydrogen-bond acceptors (Lipinski definition) is 7. The number of anilines is 2. The van der Waals surface area contributed by atoms with Crippen LogP contribution in [0.5, 0.6) is 0 Å².